The van der Waals surface area contributed by atoms with Crippen molar-refractivity contribution >= 4 is 15.9 Å². The highest BCUT2D eigenvalue weighted by molar-refractivity contribution is 7.89. The van der Waals surface area contributed by atoms with E-state index in [1.54, 1.807) is 16.4 Å². The first-order valence-electron chi connectivity index (χ1n) is 7.78. The van der Waals surface area contributed by atoms with Crippen LogP contribution in [0.3, 0.4) is 0 Å². The number of rotatable bonds is 6. The molecule has 1 aromatic carbocycles. The number of benzene rings is 1. The lowest BCUT2D eigenvalue weighted by atomic mass is 10.1. The number of amides is 1. The van der Waals surface area contributed by atoms with Crippen molar-refractivity contribution in [1.82, 2.24) is 9.62 Å². The quantitative estimate of drug-likeness (QED) is 0.867. The summed E-state index contributed by atoms with van der Waals surface area (Å²) in [5.41, 5.74) is 1.02. The van der Waals surface area contributed by atoms with E-state index in [9.17, 15) is 13.2 Å². The minimum Gasteiger partial charge on any atom is -0.356 e. The molecule has 1 amide bonds. The van der Waals surface area contributed by atoms with Crippen LogP contribution in [0.15, 0.2) is 29.2 Å². The Morgan fingerprint density at radius 3 is 2.32 bits per heavy atom. The van der Waals surface area contributed by atoms with Gasteiger partial charge in [0.15, 0.2) is 0 Å². The van der Waals surface area contributed by atoms with E-state index in [2.05, 4.69) is 5.32 Å². The molecule has 1 fully saturated rings. The number of nitrogens with one attached hydrogen (secondary N) is 1. The predicted octanol–water partition coefficient (Wildman–Crippen LogP) is 1.79. The minimum absolute atomic E-state index is 0.0204. The number of nitrogens with zero attached hydrogens (tertiary/aromatic N) is 1. The molecule has 22 heavy (non-hydrogen) atoms. The lowest BCUT2D eigenvalue weighted by Crippen LogP contribution is -2.29. The average molecular weight is 324 g/mol. The van der Waals surface area contributed by atoms with E-state index >= 15 is 0 Å². The van der Waals surface area contributed by atoms with Crippen LogP contribution in [0.2, 0.25) is 0 Å². The Balaban J connectivity index is 1.94. The normalized spacial score (nSPS) is 16.1. The summed E-state index contributed by atoms with van der Waals surface area (Å²) < 4.78 is 26.3. The van der Waals surface area contributed by atoms with Gasteiger partial charge in [0.2, 0.25) is 15.9 Å². The summed E-state index contributed by atoms with van der Waals surface area (Å²) in [5.74, 6) is 0.0150. The van der Waals surface area contributed by atoms with Gasteiger partial charge < -0.3 is 5.32 Å². The van der Waals surface area contributed by atoms with Crippen LogP contribution in [-0.2, 0) is 21.2 Å². The minimum atomic E-state index is -3.34. The van der Waals surface area contributed by atoms with E-state index in [0.717, 1.165) is 18.4 Å². The van der Waals surface area contributed by atoms with Crippen LogP contribution in [0.4, 0.5) is 0 Å². The molecule has 1 heterocycles. The van der Waals surface area contributed by atoms with Gasteiger partial charge >= 0.3 is 0 Å². The molecule has 0 aliphatic carbocycles. The SMILES string of the molecule is CC(C)C(=O)NCCc1ccc(S(=O)(=O)N2CCCC2)cc1. The van der Waals surface area contributed by atoms with Crippen LogP contribution < -0.4 is 5.32 Å². The highest BCUT2D eigenvalue weighted by Gasteiger charge is 2.26. The van der Waals surface area contributed by atoms with Gasteiger partial charge in [-0.3, -0.25) is 4.79 Å². The van der Waals surface area contributed by atoms with E-state index in [0.29, 0.717) is 31.0 Å². The van der Waals surface area contributed by atoms with E-state index < -0.39 is 10.0 Å². The van der Waals surface area contributed by atoms with Crippen molar-refractivity contribution in [2.24, 2.45) is 5.92 Å². The molecule has 2 rings (SSSR count). The molecule has 0 radical (unpaired) electrons. The number of sulfonamides is 1. The lowest BCUT2D eigenvalue weighted by Gasteiger charge is -2.15. The summed E-state index contributed by atoms with van der Waals surface area (Å²) >= 11 is 0. The van der Waals surface area contributed by atoms with Crippen molar-refractivity contribution in [3.63, 3.8) is 0 Å². The number of hydrogen-bond donors (Lipinski definition) is 1. The molecule has 0 aromatic heterocycles. The Bertz CT molecular complexity index is 603. The summed E-state index contributed by atoms with van der Waals surface area (Å²) in [4.78, 5) is 11.8. The van der Waals surface area contributed by atoms with Gasteiger partial charge in [-0.05, 0) is 37.0 Å². The first-order valence-corrected chi connectivity index (χ1v) is 9.22. The highest BCUT2D eigenvalue weighted by atomic mass is 32.2. The maximum Gasteiger partial charge on any atom is 0.243 e. The van der Waals surface area contributed by atoms with Gasteiger partial charge in [0.05, 0.1) is 4.90 Å². The molecule has 1 aliphatic heterocycles. The van der Waals surface area contributed by atoms with Gasteiger partial charge in [0, 0.05) is 25.6 Å². The van der Waals surface area contributed by atoms with E-state index in [1.807, 2.05) is 26.0 Å². The summed E-state index contributed by atoms with van der Waals surface area (Å²) in [7, 11) is -3.34. The molecule has 0 unspecified atom stereocenters. The third kappa shape index (κ3) is 4.08. The second-order valence-electron chi connectivity index (χ2n) is 5.95. The summed E-state index contributed by atoms with van der Waals surface area (Å²) in [5, 5.41) is 2.85. The number of hydrogen-bond acceptors (Lipinski definition) is 3. The van der Waals surface area contributed by atoms with Gasteiger partial charge in [-0.15, -0.1) is 0 Å². The molecule has 5 nitrogen and oxygen atoms in total. The Morgan fingerprint density at radius 1 is 1.18 bits per heavy atom. The van der Waals surface area contributed by atoms with Crippen LogP contribution in [-0.4, -0.2) is 38.3 Å². The van der Waals surface area contributed by atoms with Crippen molar-refractivity contribution in [2.45, 2.75) is 38.0 Å². The molecule has 0 saturated carbocycles. The average Bonchev–Trinajstić information content (AvgIpc) is 3.02. The van der Waals surface area contributed by atoms with Crippen LogP contribution >= 0.6 is 0 Å². The number of carbonyl (C=O) groups excluding carboxylic acids is 1. The molecule has 6 heteroatoms. The van der Waals surface area contributed by atoms with Crippen molar-refractivity contribution < 1.29 is 13.2 Å². The molecule has 1 aromatic rings. The summed E-state index contributed by atoms with van der Waals surface area (Å²) in [6.07, 6.45) is 2.57. The fourth-order valence-electron chi connectivity index (χ4n) is 2.44. The zero-order valence-corrected chi connectivity index (χ0v) is 14.0. The van der Waals surface area contributed by atoms with Crippen molar-refractivity contribution in [1.29, 1.82) is 0 Å². The standard InChI is InChI=1S/C16H24N2O3S/c1-13(2)16(19)17-10-9-14-5-7-15(8-6-14)22(20,21)18-11-3-4-12-18/h5-8,13H,3-4,9-12H2,1-2H3,(H,17,19). The van der Waals surface area contributed by atoms with Gasteiger partial charge in [-0.1, -0.05) is 26.0 Å². The fraction of sp³-hybridized carbons (Fsp3) is 0.562. The molecule has 1 N–H and O–H groups in total. The van der Waals surface area contributed by atoms with Gasteiger partial charge in [0.25, 0.3) is 0 Å². The second kappa shape index (κ2) is 7.24. The van der Waals surface area contributed by atoms with Crippen LogP contribution in [0, 0.1) is 5.92 Å². The zero-order valence-electron chi connectivity index (χ0n) is 13.2. The molecule has 122 valence electrons. The Morgan fingerprint density at radius 2 is 1.77 bits per heavy atom. The Kier molecular flexibility index (Phi) is 5.58. The van der Waals surface area contributed by atoms with Crippen LogP contribution in [0.5, 0.6) is 0 Å². The third-order valence-electron chi connectivity index (χ3n) is 3.86. The Labute approximate surface area is 132 Å². The smallest absolute Gasteiger partial charge is 0.243 e. The van der Waals surface area contributed by atoms with Crippen LogP contribution in [0.25, 0.3) is 0 Å². The Hall–Kier alpha value is -1.40. The molecule has 0 bridgehead atoms. The topological polar surface area (TPSA) is 66.5 Å². The predicted molar refractivity (Wildman–Crippen MR) is 86.0 cm³/mol. The largest absolute Gasteiger partial charge is 0.356 e. The molecule has 1 saturated heterocycles. The van der Waals surface area contributed by atoms with Gasteiger partial charge in [0.1, 0.15) is 0 Å². The van der Waals surface area contributed by atoms with Gasteiger partial charge in [-0.25, -0.2) is 8.42 Å². The number of carbonyl (C=O) groups is 1. The van der Waals surface area contributed by atoms with Crippen molar-refractivity contribution in [2.75, 3.05) is 19.6 Å². The van der Waals surface area contributed by atoms with Crippen LogP contribution in [0.1, 0.15) is 32.3 Å². The fourth-order valence-corrected chi connectivity index (χ4v) is 3.96. The monoisotopic (exact) mass is 324 g/mol. The summed E-state index contributed by atoms with van der Waals surface area (Å²) in [6, 6.07) is 6.97. The first kappa shape index (κ1) is 17.0. The summed E-state index contributed by atoms with van der Waals surface area (Å²) in [6.45, 7) is 5.51. The van der Waals surface area contributed by atoms with Gasteiger partial charge in [-0.2, -0.15) is 4.31 Å². The maximum atomic E-state index is 12.4. The molecule has 1 aliphatic rings. The van der Waals surface area contributed by atoms with E-state index in [-0.39, 0.29) is 11.8 Å². The molecular formula is C16H24N2O3S. The van der Waals surface area contributed by atoms with Crippen molar-refractivity contribution in [3.8, 4) is 0 Å². The van der Waals surface area contributed by atoms with E-state index in [4.69, 9.17) is 0 Å². The van der Waals surface area contributed by atoms with E-state index in [1.165, 1.54) is 0 Å². The molecular weight excluding hydrogens is 300 g/mol. The highest BCUT2D eigenvalue weighted by Crippen LogP contribution is 2.21. The third-order valence-corrected chi connectivity index (χ3v) is 5.78. The van der Waals surface area contributed by atoms with Crippen molar-refractivity contribution in [3.05, 3.63) is 29.8 Å². The zero-order chi connectivity index (χ0) is 16.2. The lowest BCUT2D eigenvalue weighted by molar-refractivity contribution is -0.123. The first-order chi connectivity index (χ1) is 10.4. The molecule has 0 spiro atoms. The second-order valence-corrected chi connectivity index (χ2v) is 7.89. The maximum absolute atomic E-state index is 12.4. The molecule has 0 atom stereocenters.